The van der Waals surface area contributed by atoms with E-state index in [0.29, 0.717) is 0 Å². The average molecular weight is 250 g/mol. The van der Waals surface area contributed by atoms with Crippen LogP contribution in [-0.2, 0) is 9.84 Å². The Hall–Kier alpha value is -1.17. The van der Waals surface area contributed by atoms with Crippen molar-refractivity contribution in [2.75, 3.05) is 6.26 Å². The van der Waals surface area contributed by atoms with E-state index in [2.05, 4.69) is 4.74 Å². The molecule has 90 valence electrons. The van der Waals surface area contributed by atoms with Gasteiger partial charge in [0.1, 0.15) is 10.6 Å². The molecule has 1 aromatic carbocycles. The fraction of sp³-hybridized carbons (Fsp3) is 0.400. The molecule has 0 atom stereocenters. The maximum Gasteiger partial charge on any atom is 0.397 e. The lowest BCUT2D eigenvalue weighted by Crippen LogP contribution is -2.24. The van der Waals surface area contributed by atoms with E-state index in [1.807, 2.05) is 0 Å². The smallest absolute Gasteiger partial charge is 0.397 e. The number of hydrogen-bond donors (Lipinski definition) is 0. The highest BCUT2D eigenvalue weighted by atomic mass is 32.2. The lowest BCUT2D eigenvalue weighted by atomic mass is 10.3. The predicted molar refractivity (Wildman–Crippen MR) is 55.4 cm³/mol. The van der Waals surface area contributed by atoms with Crippen LogP contribution < -0.4 is 4.74 Å². The van der Waals surface area contributed by atoms with Crippen molar-refractivity contribution in [3.63, 3.8) is 0 Å². The molecule has 0 aliphatic heterocycles. The molecule has 3 nitrogen and oxygen atoms in total. The SMILES string of the molecule is CCC(F)(F)Oc1ccccc1S(C)(=O)=O. The van der Waals surface area contributed by atoms with Gasteiger partial charge in [0.05, 0.1) is 0 Å². The first-order chi connectivity index (χ1) is 7.26. The third kappa shape index (κ3) is 3.16. The van der Waals surface area contributed by atoms with E-state index in [9.17, 15) is 17.2 Å². The lowest BCUT2D eigenvalue weighted by Gasteiger charge is -2.17. The summed E-state index contributed by atoms with van der Waals surface area (Å²) in [7, 11) is -3.57. The van der Waals surface area contributed by atoms with Crippen LogP contribution in [0.5, 0.6) is 5.75 Å². The number of ether oxygens (including phenoxy) is 1. The predicted octanol–water partition coefficient (Wildman–Crippen LogP) is 2.47. The van der Waals surface area contributed by atoms with Crippen LogP contribution in [0.25, 0.3) is 0 Å². The molecular weight excluding hydrogens is 238 g/mol. The van der Waals surface area contributed by atoms with Gasteiger partial charge in [-0.1, -0.05) is 19.1 Å². The molecule has 0 aliphatic rings. The summed E-state index contributed by atoms with van der Waals surface area (Å²) >= 11 is 0. The highest BCUT2D eigenvalue weighted by Gasteiger charge is 2.30. The molecule has 0 aromatic heterocycles. The maximum atomic E-state index is 13.0. The van der Waals surface area contributed by atoms with Crippen LogP contribution in [0.15, 0.2) is 29.2 Å². The van der Waals surface area contributed by atoms with Crippen molar-refractivity contribution >= 4 is 9.84 Å². The first kappa shape index (κ1) is 12.9. The van der Waals surface area contributed by atoms with E-state index in [1.165, 1.54) is 31.2 Å². The fourth-order valence-corrected chi connectivity index (χ4v) is 1.87. The summed E-state index contributed by atoms with van der Waals surface area (Å²) in [5.41, 5.74) is 0. The molecule has 0 heterocycles. The van der Waals surface area contributed by atoms with Gasteiger partial charge in [0, 0.05) is 12.7 Å². The topological polar surface area (TPSA) is 43.4 Å². The molecule has 0 bridgehead atoms. The quantitative estimate of drug-likeness (QED) is 0.824. The average Bonchev–Trinajstić information content (AvgIpc) is 2.16. The van der Waals surface area contributed by atoms with Crippen molar-refractivity contribution < 1.29 is 21.9 Å². The first-order valence-corrected chi connectivity index (χ1v) is 6.51. The fourth-order valence-electron chi connectivity index (χ4n) is 1.07. The number of halogens is 2. The molecule has 0 radical (unpaired) electrons. The van der Waals surface area contributed by atoms with Crippen molar-refractivity contribution in [3.8, 4) is 5.75 Å². The van der Waals surface area contributed by atoms with Gasteiger partial charge in [0.15, 0.2) is 9.84 Å². The Morgan fingerprint density at radius 1 is 1.31 bits per heavy atom. The zero-order valence-electron chi connectivity index (χ0n) is 8.91. The second kappa shape index (κ2) is 4.37. The third-order valence-electron chi connectivity index (χ3n) is 1.92. The normalized spacial score (nSPS) is 12.5. The number of hydrogen-bond acceptors (Lipinski definition) is 3. The van der Waals surface area contributed by atoms with E-state index >= 15 is 0 Å². The second-order valence-corrected chi connectivity index (χ2v) is 5.30. The minimum atomic E-state index is -3.57. The van der Waals surface area contributed by atoms with Gasteiger partial charge in [0.2, 0.25) is 0 Å². The van der Waals surface area contributed by atoms with Crippen molar-refractivity contribution in [1.82, 2.24) is 0 Å². The summed E-state index contributed by atoms with van der Waals surface area (Å²) in [6, 6.07) is 5.33. The Morgan fingerprint density at radius 2 is 1.88 bits per heavy atom. The highest BCUT2D eigenvalue weighted by molar-refractivity contribution is 7.90. The van der Waals surface area contributed by atoms with Crippen LogP contribution >= 0.6 is 0 Å². The van der Waals surface area contributed by atoms with Crippen LogP contribution in [0, 0.1) is 0 Å². The molecule has 0 N–H and O–H groups in total. The van der Waals surface area contributed by atoms with Crippen molar-refractivity contribution in [2.24, 2.45) is 0 Å². The van der Waals surface area contributed by atoms with E-state index < -0.39 is 22.4 Å². The Labute approximate surface area is 93.0 Å². The molecule has 6 heteroatoms. The molecule has 0 unspecified atom stereocenters. The monoisotopic (exact) mass is 250 g/mol. The second-order valence-electron chi connectivity index (χ2n) is 3.31. The van der Waals surface area contributed by atoms with Crippen LogP contribution in [0.2, 0.25) is 0 Å². The number of sulfone groups is 1. The number of alkyl halides is 2. The lowest BCUT2D eigenvalue weighted by molar-refractivity contribution is -0.178. The zero-order valence-corrected chi connectivity index (χ0v) is 9.72. The van der Waals surface area contributed by atoms with Gasteiger partial charge in [0.25, 0.3) is 0 Å². The van der Waals surface area contributed by atoms with Crippen molar-refractivity contribution in [1.29, 1.82) is 0 Å². The molecular formula is C10H12F2O3S. The van der Waals surface area contributed by atoms with Gasteiger partial charge in [-0.2, -0.15) is 8.78 Å². The van der Waals surface area contributed by atoms with Crippen molar-refractivity contribution in [3.05, 3.63) is 24.3 Å². The van der Waals surface area contributed by atoms with Gasteiger partial charge >= 0.3 is 6.11 Å². The zero-order chi connectivity index (χ0) is 12.4. The Bertz CT molecular complexity index is 469. The largest absolute Gasteiger partial charge is 0.431 e. The molecule has 16 heavy (non-hydrogen) atoms. The minimum Gasteiger partial charge on any atom is -0.431 e. The van der Waals surface area contributed by atoms with Gasteiger partial charge < -0.3 is 4.74 Å². The molecule has 0 spiro atoms. The standard InChI is InChI=1S/C10H12F2O3S/c1-3-10(11,12)15-8-6-4-5-7-9(8)16(2,13)14/h4-7H,3H2,1-2H3. The third-order valence-corrected chi connectivity index (χ3v) is 3.06. The molecule has 1 rings (SSSR count). The Balaban J connectivity index is 3.16. The Morgan fingerprint density at radius 3 is 2.38 bits per heavy atom. The summed E-state index contributed by atoms with van der Waals surface area (Å²) in [6.07, 6.45) is -2.94. The molecule has 0 amide bonds. The number of rotatable bonds is 4. The van der Waals surface area contributed by atoms with E-state index in [1.54, 1.807) is 0 Å². The van der Waals surface area contributed by atoms with Crippen LogP contribution in [0.3, 0.4) is 0 Å². The molecule has 0 aliphatic carbocycles. The summed E-state index contributed by atoms with van der Waals surface area (Å²) in [5, 5.41) is 0. The van der Waals surface area contributed by atoms with Crippen LogP contribution in [0.1, 0.15) is 13.3 Å². The number of benzene rings is 1. The van der Waals surface area contributed by atoms with Crippen molar-refractivity contribution in [2.45, 2.75) is 24.3 Å². The molecule has 0 fully saturated rings. The minimum absolute atomic E-state index is 0.233. The van der Waals surface area contributed by atoms with Crippen LogP contribution in [-0.4, -0.2) is 20.8 Å². The molecule has 1 aromatic rings. The van der Waals surface area contributed by atoms with Crippen LogP contribution in [0.4, 0.5) is 8.78 Å². The number of para-hydroxylation sites is 1. The highest BCUT2D eigenvalue weighted by Crippen LogP contribution is 2.29. The summed E-state index contributed by atoms with van der Waals surface area (Å²) < 4.78 is 53.0. The first-order valence-electron chi connectivity index (χ1n) is 4.62. The van der Waals surface area contributed by atoms with E-state index in [-0.39, 0.29) is 10.6 Å². The van der Waals surface area contributed by atoms with Gasteiger partial charge in [-0.25, -0.2) is 8.42 Å². The van der Waals surface area contributed by atoms with E-state index in [0.717, 1.165) is 6.26 Å². The summed E-state index contributed by atoms with van der Waals surface area (Å²) in [6.45, 7) is 1.25. The van der Waals surface area contributed by atoms with Gasteiger partial charge in [-0.15, -0.1) is 0 Å². The maximum absolute atomic E-state index is 13.0. The summed E-state index contributed by atoms with van der Waals surface area (Å²) in [4.78, 5) is -0.233. The Kier molecular flexibility index (Phi) is 3.52. The van der Waals surface area contributed by atoms with Gasteiger partial charge in [-0.05, 0) is 12.1 Å². The van der Waals surface area contributed by atoms with Gasteiger partial charge in [-0.3, -0.25) is 0 Å². The molecule has 0 saturated heterocycles. The van der Waals surface area contributed by atoms with E-state index in [4.69, 9.17) is 0 Å². The summed E-state index contributed by atoms with van der Waals surface area (Å²) in [5.74, 6) is -0.322. The molecule has 0 saturated carbocycles.